The van der Waals surface area contributed by atoms with E-state index in [-0.39, 0.29) is 11.9 Å². The lowest BCUT2D eigenvalue weighted by Crippen LogP contribution is -2.32. The monoisotopic (exact) mass is 422 g/mol. The number of nitrogens with zero attached hydrogens (tertiary/aromatic N) is 2. The van der Waals surface area contributed by atoms with E-state index < -0.39 is 0 Å². The number of hydrogen-bond acceptors (Lipinski definition) is 5. The minimum atomic E-state index is -0.0981. The number of ether oxygens (including phenoxy) is 1. The molecule has 8 heteroatoms. The standard InChI is InChI=1S/C19H16Cl2N2O3S/c20-12-3-6-15(21)17(8-12)26-10-18-22-13(11-27-18)9-23(14-4-5-14)19(24)16-2-1-7-25-16/h1-3,6-8,11,14H,4-5,9-10H2. The smallest absolute Gasteiger partial charge is 0.290 e. The minimum absolute atomic E-state index is 0.0981. The average Bonchev–Trinajstić information content (AvgIpc) is 3.17. The normalized spacial score (nSPS) is 13.6. The highest BCUT2D eigenvalue weighted by Crippen LogP contribution is 2.31. The molecule has 0 bridgehead atoms. The van der Waals surface area contributed by atoms with Gasteiger partial charge in [-0.05, 0) is 37.1 Å². The van der Waals surface area contributed by atoms with Crippen LogP contribution in [0.15, 0.2) is 46.4 Å². The average molecular weight is 423 g/mol. The van der Waals surface area contributed by atoms with Gasteiger partial charge in [0, 0.05) is 22.5 Å². The molecule has 0 aliphatic heterocycles. The molecule has 2 heterocycles. The molecule has 5 nitrogen and oxygen atoms in total. The van der Waals surface area contributed by atoms with E-state index in [0.29, 0.717) is 34.7 Å². The SMILES string of the molecule is O=C(c1ccco1)N(Cc1csc(COc2cc(Cl)ccc2Cl)n1)C1CC1. The van der Waals surface area contributed by atoms with Crippen LogP contribution in [0.2, 0.25) is 10.0 Å². The van der Waals surface area contributed by atoms with Crippen LogP contribution in [0.25, 0.3) is 0 Å². The van der Waals surface area contributed by atoms with E-state index in [0.717, 1.165) is 23.5 Å². The van der Waals surface area contributed by atoms with Gasteiger partial charge in [-0.1, -0.05) is 23.2 Å². The molecule has 3 aromatic rings. The molecule has 4 rings (SSSR count). The maximum Gasteiger partial charge on any atom is 0.290 e. The maximum atomic E-state index is 12.6. The van der Waals surface area contributed by atoms with Crippen LogP contribution < -0.4 is 4.74 Å². The zero-order chi connectivity index (χ0) is 18.8. The first-order chi connectivity index (χ1) is 13.1. The van der Waals surface area contributed by atoms with Crippen molar-refractivity contribution in [3.05, 3.63) is 68.5 Å². The fourth-order valence-electron chi connectivity index (χ4n) is 2.68. The van der Waals surface area contributed by atoms with E-state index in [9.17, 15) is 4.79 Å². The molecule has 0 spiro atoms. The molecule has 2 aromatic heterocycles. The number of carbonyl (C=O) groups is 1. The first-order valence-electron chi connectivity index (χ1n) is 8.46. The third kappa shape index (κ3) is 4.46. The highest BCUT2D eigenvalue weighted by molar-refractivity contribution is 7.09. The third-order valence-electron chi connectivity index (χ3n) is 4.16. The summed E-state index contributed by atoms with van der Waals surface area (Å²) in [7, 11) is 0. The third-order valence-corrected chi connectivity index (χ3v) is 5.58. The van der Waals surface area contributed by atoms with E-state index in [4.69, 9.17) is 32.4 Å². The van der Waals surface area contributed by atoms with Crippen LogP contribution in [0.1, 0.15) is 34.1 Å². The molecule has 1 aliphatic carbocycles. The molecule has 27 heavy (non-hydrogen) atoms. The zero-order valence-corrected chi connectivity index (χ0v) is 16.6. The Kier molecular flexibility index (Phi) is 5.38. The van der Waals surface area contributed by atoms with Crippen molar-refractivity contribution < 1.29 is 13.9 Å². The van der Waals surface area contributed by atoms with Gasteiger partial charge in [0.2, 0.25) is 0 Å². The number of amides is 1. The van der Waals surface area contributed by atoms with Gasteiger partial charge in [0.25, 0.3) is 5.91 Å². The fourth-order valence-corrected chi connectivity index (χ4v) is 3.71. The Hall–Kier alpha value is -2.02. The molecule has 0 N–H and O–H groups in total. The lowest BCUT2D eigenvalue weighted by molar-refractivity contribution is 0.0695. The minimum Gasteiger partial charge on any atom is -0.485 e. The van der Waals surface area contributed by atoms with Gasteiger partial charge in [-0.25, -0.2) is 4.98 Å². The molecular weight excluding hydrogens is 407 g/mol. The Bertz CT molecular complexity index is 938. The molecule has 1 saturated carbocycles. The summed E-state index contributed by atoms with van der Waals surface area (Å²) in [6.45, 7) is 0.749. The van der Waals surface area contributed by atoms with E-state index >= 15 is 0 Å². The Morgan fingerprint density at radius 3 is 2.93 bits per heavy atom. The van der Waals surface area contributed by atoms with Crippen molar-refractivity contribution in [2.24, 2.45) is 0 Å². The summed E-state index contributed by atoms with van der Waals surface area (Å²) in [5, 5.41) is 3.82. The summed E-state index contributed by atoms with van der Waals surface area (Å²) in [6.07, 6.45) is 3.54. The summed E-state index contributed by atoms with van der Waals surface area (Å²) >= 11 is 13.6. The Balaban J connectivity index is 1.41. The van der Waals surface area contributed by atoms with Crippen molar-refractivity contribution >= 4 is 40.4 Å². The van der Waals surface area contributed by atoms with Crippen LogP contribution in [0.5, 0.6) is 5.75 Å². The van der Waals surface area contributed by atoms with E-state index in [1.807, 2.05) is 10.3 Å². The molecule has 1 aliphatic rings. The topological polar surface area (TPSA) is 55.6 Å². The van der Waals surface area contributed by atoms with E-state index in [1.54, 1.807) is 30.3 Å². The van der Waals surface area contributed by atoms with Gasteiger partial charge < -0.3 is 14.1 Å². The Morgan fingerprint density at radius 2 is 2.19 bits per heavy atom. The molecule has 1 fully saturated rings. The predicted octanol–water partition coefficient (Wildman–Crippen LogP) is 5.43. The van der Waals surface area contributed by atoms with Gasteiger partial charge in [-0.15, -0.1) is 11.3 Å². The number of aromatic nitrogens is 1. The van der Waals surface area contributed by atoms with Gasteiger partial charge in [-0.3, -0.25) is 4.79 Å². The second kappa shape index (κ2) is 7.92. The van der Waals surface area contributed by atoms with Crippen molar-refractivity contribution in [2.75, 3.05) is 0 Å². The van der Waals surface area contributed by atoms with Crippen LogP contribution in [0.3, 0.4) is 0 Å². The predicted molar refractivity (Wildman–Crippen MR) is 105 cm³/mol. The van der Waals surface area contributed by atoms with Crippen molar-refractivity contribution in [1.82, 2.24) is 9.88 Å². The van der Waals surface area contributed by atoms with Gasteiger partial charge >= 0.3 is 0 Å². The number of rotatable bonds is 7. The summed E-state index contributed by atoms with van der Waals surface area (Å²) in [5.41, 5.74) is 0.836. The number of benzene rings is 1. The Labute approximate surface area is 170 Å². The number of furan rings is 1. The molecule has 0 unspecified atom stereocenters. The molecule has 0 saturated heterocycles. The molecule has 1 aromatic carbocycles. The molecule has 140 valence electrons. The largest absolute Gasteiger partial charge is 0.485 e. The van der Waals surface area contributed by atoms with Crippen molar-refractivity contribution in [2.45, 2.75) is 32.0 Å². The van der Waals surface area contributed by atoms with Crippen LogP contribution in [-0.4, -0.2) is 21.8 Å². The fraction of sp³-hybridized carbons (Fsp3) is 0.263. The quantitative estimate of drug-likeness (QED) is 0.509. The number of halogens is 2. The van der Waals surface area contributed by atoms with Gasteiger partial charge in [0.1, 0.15) is 17.4 Å². The first-order valence-corrected chi connectivity index (χ1v) is 10.1. The van der Waals surface area contributed by atoms with Gasteiger partial charge in [0.15, 0.2) is 5.76 Å². The van der Waals surface area contributed by atoms with Crippen molar-refractivity contribution in [3.63, 3.8) is 0 Å². The summed E-state index contributed by atoms with van der Waals surface area (Å²) in [4.78, 5) is 19.0. The van der Waals surface area contributed by atoms with Crippen LogP contribution >= 0.6 is 34.5 Å². The highest BCUT2D eigenvalue weighted by atomic mass is 35.5. The van der Waals surface area contributed by atoms with Crippen molar-refractivity contribution in [1.29, 1.82) is 0 Å². The second-order valence-corrected chi connectivity index (χ2v) is 8.02. The van der Waals surface area contributed by atoms with Gasteiger partial charge in [0.05, 0.1) is 23.5 Å². The summed E-state index contributed by atoms with van der Waals surface area (Å²) < 4.78 is 11.0. The second-order valence-electron chi connectivity index (χ2n) is 6.24. The molecule has 0 atom stereocenters. The van der Waals surface area contributed by atoms with E-state index in [1.165, 1.54) is 17.6 Å². The summed E-state index contributed by atoms with van der Waals surface area (Å²) in [6, 6.07) is 8.75. The first kappa shape index (κ1) is 18.3. The molecule has 1 amide bonds. The number of hydrogen-bond donors (Lipinski definition) is 0. The lowest BCUT2D eigenvalue weighted by atomic mass is 10.3. The molecule has 0 radical (unpaired) electrons. The van der Waals surface area contributed by atoms with Crippen LogP contribution in [-0.2, 0) is 13.2 Å². The van der Waals surface area contributed by atoms with Gasteiger partial charge in [-0.2, -0.15) is 0 Å². The number of carbonyl (C=O) groups excluding carboxylic acids is 1. The van der Waals surface area contributed by atoms with Crippen LogP contribution in [0, 0.1) is 0 Å². The maximum absolute atomic E-state index is 12.6. The van der Waals surface area contributed by atoms with E-state index in [2.05, 4.69) is 4.98 Å². The lowest BCUT2D eigenvalue weighted by Gasteiger charge is -2.20. The van der Waals surface area contributed by atoms with Crippen molar-refractivity contribution in [3.8, 4) is 5.75 Å². The summed E-state index contributed by atoms with van der Waals surface area (Å²) in [5.74, 6) is 0.781. The zero-order valence-electron chi connectivity index (χ0n) is 14.2. The Morgan fingerprint density at radius 1 is 1.33 bits per heavy atom. The highest BCUT2D eigenvalue weighted by Gasteiger charge is 2.34. The molecular formula is C19H16Cl2N2O3S. The number of thiazole rings is 1. The van der Waals surface area contributed by atoms with Crippen LogP contribution in [0.4, 0.5) is 0 Å².